The van der Waals surface area contributed by atoms with Crippen LogP contribution in [-0.4, -0.2) is 38.6 Å². The fourth-order valence-electron chi connectivity index (χ4n) is 5.00. The standard InChI is InChI=1S/C28H32N4O2S/c1-20-10-12-22(13-11-20)18-29-27(34)28(2)19-32-24(17-23(30-32)25-9-6-16-35-25)26(33)31(28)15-14-21-7-4-3-5-8-21/h6-7,9-13,16-17H,3-5,8,14-15,18-19H2,1-2H3,(H,29,34). The van der Waals surface area contributed by atoms with Crippen LogP contribution in [0.2, 0.25) is 0 Å². The van der Waals surface area contributed by atoms with Crippen LogP contribution in [0.1, 0.15) is 60.6 Å². The Morgan fingerprint density at radius 1 is 1.20 bits per heavy atom. The lowest BCUT2D eigenvalue weighted by molar-refractivity contribution is -0.133. The van der Waals surface area contributed by atoms with E-state index in [1.54, 1.807) is 20.9 Å². The highest BCUT2D eigenvalue weighted by molar-refractivity contribution is 7.13. The van der Waals surface area contributed by atoms with E-state index < -0.39 is 5.54 Å². The van der Waals surface area contributed by atoms with E-state index in [1.807, 2.05) is 61.7 Å². The van der Waals surface area contributed by atoms with Gasteiger partial charge < -0.3 is 10.2 Å². The predicted molar refractivity (Wildman–Crippen MR) is 139 cm³/mol. The van der Waals surface area contributed by atoms with Crippen LogP contribution in [0.5, 0.6) is 0 Å². The quantitative estimate of drug-likeness (QED) is 0.457. The van der Waals surface area contributed by atoms with Gasteiger partial charge in [-0.15, -0.1) is 11.3 Å². The summed E-state index contributed by atoms with van der Waals surface area (Å²) in [5.41, 5.74) is 3.92. The van der Waals surface area contributed by atoms with Gasteiger partial charge in [0.1, 0.15) is 16.9 Å². The normalized spacial score (nSPS) is 19.9. The zero-order valence-corrected chi connectivity index (χ0v) is 21.2. The van der Waals surface area contributed by atoms with Crippen LogP contribution in [-0.2, 0) is 17.9 Å². The van der Waals surface area contributed by atoms with Crippen molar-refractivity contribution in [3.8, 4) is 10.6 Å². The first kappa shape index (κ1) is 23.5. The molecule has 0 radical (unpaired) electrons. The number of benzene rings is 1. The van der Waals surface area contributed by atoms with Crippen molar-refractivity contribution in [1.29, 1.82) is 0 Å². The molecule has 0 saturated heterocycles. The Morgan fingerprint density at radius 2 is 2.03 bits per heavy atom. The third-order valence-corrected chi connectivity index (χ3v) is 8.07. The van der Waals surface area contributed by atoms with E-state index in [-0.39, 0.29) is 11.8 Å². The molecule has 0 saturated carbocycles. The van der Waals surface area contributed by atoms with Crippen LogP contribution >= 0.6 is 11.3 Å². The van der Waals surface area contributed by atoms with E-state index in [9.17, 15) is 9.59 Å². The highest BCUT2D eigenvalue weighted by Gasteiger charge is 2.47. The molecule has 2 aliphatic rings. The summed E-state index contributed by atoms with van der Waals surface area (Å²) in [5, 5.41) is 9.82. The van der Waals surface area contributed by atoms with Gasteiger partial charge in [0.05, 0.1) is 11.4 Å². The molecule has 1 N–H and O–H groups in total. The van der Waals surface area contributed by atoms with Crippen molar-refractivity contribution in [1.82, 2.24) is 20.0 Å². The van der Waals surface area contributed by atoms with Gasteiger partial charge in [-0.25, -0.2) is 0 Å². The molecular weight excluding hydrogens is 456 g/mol. The molecule has 1 aliphatic heterocycles. The summed E-state index contributed by atoms with van der Waals surface area (Å²) < 4.78 is 1.72. The number of carbonyl (C=O) groups excluding carboxylic acids is 2. The second kappa shape index (κ2) is 9.82. The summed E-state index contributed by atoms with van der Waals surface area (Å²) in [7, 11) is 0. The van der Waals surface area contributed by atoms with Gasteiger partial charge in [-0.2, -0.15) is 5.10 Å². The number of fused-ring (bicyclic) bond motifs is 1. The molecule has 182 valence electrons. The molecule has 3 aromatic rings. The van der Waals surface area contributed by atoms with Crippen molar-refractivity contribution in [2.75, 3.05) is 6.54 Å². The smallest absolute Gasteiger partial charge is 0.273 e. The third-order valence-electron chi connectivity index (χ3n) is 7.18. The fraction of sp³-hybridized carbons (Fsp3) is 0.393. The SMILES string of the molecule is Cc1ccc(CNC(=O)C2(C)Cn3nc(-c4cccs4)cc3C(=O)N2CCC2=CCCCC2)cc1. The first-order valence-electron chi connectivity index (χ1n) is 12.4. The number of thiophene rings is 1. The molecule has 1 unspecified atom stereocenters. The lowest BCUT2D eigenvalue weighted by Gasteiger charge is -2.43. The second-order valence-corrected chi connectivity index (χ2v) is 10.8. The molecule has 1 atom stereocenters. The number of nitrogens with zero attached hydrogens (tertiary/aromatic N) is 3. The number of aromatic nitrogens is 2. The van der Waals surface area contributed by atoms with Crippen LogP contribution in [0.4, 0.5) is 0 Å². The van der Waals surface area contributed by atoms with Crippen molar-refractivity contribution >= 4 is 23.2 Å². The highest BCUT2D eigenvalue weighted by atomic mass is 32.1. The van der Waals surface area contributed by atoms with Crippen LogP contribution in [0.3, 0.4) is 0 Å². The van der Waals surface area contributed by atoms with Gasteiger partial charge in [-0.1, -0.05) is 47.5 Å². The van der Waals surface area contributed by atoms with E-state index in [0.29, 0.717) is 25.3 Å². The van der Waals surface area contributed by atoms with E-state index in [2.05, 4.69) is 11.4 Å². The lowest BCUT2D eigenvalue weighted by Crippen LogP contribution is -2.64. The average Bonchev–Trinajstić information content (AvgIpc) is 3.54. The molecule has 3 heterocycles. The zero-order valence-electron chi connectivity index (χ0n) is 20.4. The third kappa shape index (κ3) is 4.82. The maximum atomic E-state index is 13.8. The minimum atomic E-state index is -1.03. The van der Waals surface area contributed by atoms with Gasteiger partial charge >= 0.3 is 0 Å². The number of rotatable bonds is 7. The van der Waals surface area contributed by atoms with Crippen LogP contribution in [0.15, 0.2) is 59.5 Å². The molecule has 1 aliphatic carbocycles. The van der Waals surface area contributed by atoms with Gasteiger partial charge in [0.25, 0.3) is 5.91 Å². The van der Waals surface area contributed by atoms with E-state index in [0.717, 1.165) is 35.4 Å². The van der Waals surface area contributed by atoms with Gasteiger partial charge in [0.15, 0.2) is 0 Å². The molecule has 2 aromatic heterocycles. The molecule has 0 spiro atoms. The summed E-state index contributed by atoms with van der Waals surface area (Å²) in [5.74, 6) is -0.279. The van der Waals surface area contributed by atoms with E-state index in [4.69, 9.17) is 5.10 Å². The molecule has 5 rings (SSSR count). The van der Waals surface area contributed by atoms with Gasteiger partial charge in [0.2, 0.25) is 5.91 Å². The second-order valence-electron chi connectivity index (χ2n) is 9.81. The zero-order chi connectivity index (χ0) is 24.4. The van der Waals surface area contributed by atoms with Crippen molar-refractivity contribution in [2.24, 2.45) is 0 Å². The average molecular weight is 489 g/mol. The summed E-state index contributed by atoms with van der Waals surface area (Å²) >= 11 is 1.60. The van der Waals surface area contributed by atoms with Crippen molar-refractivity contribution < 1.29 is 9.59 Å². The molecule has 2 amide bonds. The summed E-state index contributed by atoms with van der Waals surface area (Å²) in [6.45, 7) is 5.20. The number of aryl methyl sites for hydroxylation is 1. The highest BCUT2D eigenvalue weighted by Crippen LogP contribution is 2.32. The number of amides is 2. The summed E-state index contributed by atoms with van der Waals surface area (Å²) in [6, 6.07) is 14.0. The molecular formula is C28H32N4O2S. The monoisotopic (exact) mass is 488 g/mol. The van der Waals surface area contributed by atoms with Gasteiger partial charge in [-0.3, -0.25) is 14.3 Å². The summed E-state index contributed by atoms with van der Waals surface area (Å²) in [4.78, 5) is 30.2. The maximum Gasteiger partial charge on any atom is 0.273 e. The van der Waals surface area contributed by atoms with Crippen molar-refractivity contribution in [2.45, 2.75) is 64.6 Å². The Bertz CT molecular complexity index is 1240. The van der Waals surface area contributed by atoms with Crippen molar-refractivity contribution in [3.63, 3.8) is 0 Å². The molecule has 1 aromatic carbocycles. The van der Waals surface area contributed by atoms with Gasteiger partial charge in [-0.05, 0) is 69.0 Å². The number of hydrogen-bond donors (Lipinski definition) is 1. The number of hydrogen-bond acceptors (Lipinski definition) is 4. The molecule has 0 bridgehead atoms. The number of nitrogens with one attached hydrogen (secondary N) is 1. The Morgan fingerprint density at radius 3 is 2.74 bits per heavy atom. The molecule has 35 heavy (non-hydrogen) atoms. The first-order chi connectivity index (χ1) is 16.9. The van der Waals surface area contributed by atoms with Crippen LogP contribution in [0, 0.1) is 6.92 Å². The first-order valence-corrected chi connectivity index (χ1v) is 13.3. The molecule has 7 heteroatoms. The Kier molecular flexibility index (Phi) is 6.60. The van der Waals surface area contributed by atoms with E-state index >= 15 is 0 Å². The van der Waals surface area contributed by atoms with Gasteiger partial charge in [0, 0.05) is 13.1 Å². The Balaban J connectivity index is 1.42. The minimum Gasteiger partial charge on any atom is -0.350 e. The topological polar surface area (TPSA) is 67.2 Å². The number of allylic oxidation sites excluding steroid dienone is 1. The number of carbonyl (C=O) groups is 2. The lowest BCUT2D eigenvalue weighted by atomic mass is 9.92. The van der Waals surface area contributed by atoms with Crippen molar-refractivity contribution in [3.05, 3.63) is 76.3 Å². The van der Waals surface area contributed by atoms with Crippen LogP contribution < -0.4 is 5.32 Å². The Hall–Kier alpha value is -3.19. The molecule has 6 nitrogen and oxygen atoms in total. The molecule has 0 fully saturated rings. The summed E-state index contributed by atoms with van der Waals surface area (Å²) in [6.07, 6.45) is 7.73. The largest absolute Gasteiger partial charge is 0.350 e. The van der Waals surface area contributed by atoms with Crippen LogP contribution in [0.25, 0.3) is 10.6 Å². The fourth-order valence-corrected chi connectivity index (χ4v) is 5.68. The minimum absolute atomic E-state index is 0.129. The predicted octanol–water partition coefficient (Wildman–Crippen LogP) is 5.34. The maximum absolute atomic E-state index is 13.8. The van der Waals surface area contributed by atoms with E-state index in [1.165, 1.54) is 24.0 Å². The Labute approximate surface area is 210 Å².